The first-order valence-corrected chi connectivity index (χ1v) is 5.92. The fourth-order valence-electron chi connectivity index (χ4n) is 2.00. The monoisotopic (exact) mass is 224 g/mol. The van der Waals surface area contributed by atoms with Gasteiger partial charge >= 0.3 is 0 Å². The molecule has 92 valence electrons. The van der Waals surface area contributed by atoms with Crippen molar-refractivity contribution in [3.63, 3.8) is 0 Å². The molecule has 0 radical (unpaired) electrons. The average Bonchev–Trinajstić information content (AvgIpc) is 2.52. The highest BCUT2D eigenvalue weighted by Crippen LogP contribution is 2.24. The molecule has 4 nitrogen and oxygen atoms in total. The zero-order valence-electron chi connectivity index (χ0n) is 11.3. The molecule has 0 spiro atoms. The molecule has 1 unspecified atom stereocenters. The van der Waals surface area contributed by atoms with E-state index >= 15 is 0 Å². The summed E-state index contributed by atoms with van der Waals surface area (Å²) in [6.45, 7) is 7.39. The second kappa shape index (κ2) is 5.34. The summed E-state index contributed by atoms with van der Waals surface area (Å²) >= 11 is 0. The summed E-state index contributed by atoms with van der Waals surface area (Å²) in [7, 11) is 6.13. The summed E-state index contributed by atoms with van der Waals surface area (Å²) in [6, 6.07) is 0.533. The van der Waals surface area contributed by atoms with Crippen molar-refractivity contribution < 1.29 is 0 Å². The Morgan fingerprint density at radius 2 is 2.12 bits per heavy atom. The van der Waals surface area contributed by atoms with Crippen LogP contribution in [-0.4, -0.2) is 29.9 Å². The van der Waals surface area contributed by atoms with Crippen LogP contribution in [0.2, 0.25) is 0 Å². The van der Waals surface area contributed by atoms with Gasteiger partial charge in [-0.05, 0) is 27.3 Å². The summed E-state index contributed by atoms with van der Waals surface area (Å²) in [5.41, 5.74) is 2.41. The topological polar surface area (TPSA) is 33.1 Å². The molecule has 0 aliphatic rings. The molecule has 4 heteroatoms. The average molecular weight is 224 g/mol. The fraction of sp³-hybridized carbons (Fsp3) is 0.750. The molecule has 0 saturated heterocycles. The summed E-state index contributed by atoms with van der Waals surface area (Å²) < 4.78 is 1.98. The minimum atomic E-state index is 0.533. The van der Waals surface area contributed by atoms with Crippen molar-refractivity contribution in [3.8, 4) is 0 Å². The van der Waals surface area contributed by atoms with Crippen molar-refractivity contribution in [2.24, 2.45) is 7.05 Å². The highest BCUT2D eigenvalue weighted by atomic mass is 15.4. The Kier molecular flexibility index (Phi) is 4.35. The molecule has 0 saturated carbocycles. The largest absolute Gasteiger partial charge is 0.357 e. The lowest BCUT2D eigenvalue weighted by Crippen LogP contribution is -2.31. The molecule has 16 heavy (non-hydrogen) atoms. The Morgan fingerprint density at radius 3 is 2.62 bits per heavy atom. The highest BCUT2D eigenvalue weighted by molar-refractivity contribution is 5.50. The fourth-order valence-corrected chi connectivity index (χ4v) is 2.00. The number of hydrogen-bond donors (Lipinski definition) is 1. The lowest BCUT2D eigenvalue weighted by molar-refractivity contribution is 0.626. The first-order valence-electron chi connectivity index (χ1n) is 5.92. The highest BCUT2D eigenvalue weighted by Gasteiger charge is 2.18. The van der Waals surface area contributed by atoms with Gasteiger partial charge in [-0.3, -0.25) is 4.68 Å². The van der Waals surface area contributed by atoms with Crippen LogP contribution in [-0.2, 0) is 13.6 Å². The Hall–Kier alpha value is -1.03. The SMILES string of the molecule is CCC(C)N(C)c1c(CNC)c(C)nn1C. The zero-order valence-corrected chi connectivity index (χ0v) is 11.3. The lowest BCUT2D eigenvalue weighted by atomic mass is 10.2. The van der Waals surface area contributed by atoms with Crippen LogP contribution < -0.4 is 10.2 Å². The van der Waals surface area contributed by atoms with Crippen LogP contribution in [0.25, 0.3) is 0 Å². The smallest absolute Gasteiger partial charge is 0.131 e. The van der Waals surface area contributed by atoms with Gasteiger partial charge in [0.25, 0.3) is 0 Å². The van der Waals surface area contributed by atoms with Crippen LogP contribution in [0, 0.1) is 6.92 Å². The number of nitrogens with zero attached hydrogens (tertiary/aromatic N) is 3. The van der Waals surface area contributed by atoms with E-state index in [1.807, 2.05) is 18.8 Å². The van der Waals surface area contributed by atoms with Crippen LogP contribution >= 0.6 is 0 Å². The van der Waals surface area contributed by atoms with Crippen LogP contribution in [0.1, 0.15) is 31.5 Å². The predicted octanol–water partition coefficient (Wildman–Crippen LogP) is 1.68. The standard InChI is InChI=1S/C12H24N4/c1-7-9(2)15(5)12-11(8-13-4)10(3)14-16(12)6/h9,13H,7-8H2,1-6H3. The van der Waals surface area contributed by atoms with Gasteiger partial charge in [-0.2, -0.15) is 5.10 Å². The van der Waals surface area contributed by atoms with Crippen LogP contribution in [0.4, 0.5) is 5.82 Å². The third-order valence-corrected chi connectivity index (χ3v) is 3.25. The summed E-state index contributed by atoms with van der Waals surface area (Å²) in [5.74, 6) is 1.22. The van der Waals surface area contributed by atoms with Crippen molar-refractivity contribution >= 4 is 5.82 Å². The Balaban J connectivity index is 3.10. The summed E-state index contributed by atoms with van der Waals surface area (Å²) in [5, 5.41) is 7.71. The van der Waals surface area contributed by atoms with E-state index in [1.54, 1.807) is 0 Å². The quantitative estimate of drug-likeness (QED) is 0.826. The second-order valence-corrected chi connectivity index (χ2v) is 4.41. The van der Waals surface area contributed by atoms with Gasteiger partial charge in [-0.25, -0.2) is 0 Å². The summed E-state index contributed by atoms with van der Waals surface area (Å²) in [6.07, 6.45) is 1.14. The van der Waals surface area contributed by atoms with Gasteiger partial charge in [0.1, 0.15) is 5.82 Å². The van der Waals surface area contributed by atoms with E-state index in [4.69, 9.17) is 0 Å². The zero-order chi connectivity index (χ0) is 12.3. The minimum absolute atomic E-state index is 0.533. The molecule has 0 aliphatic heterocycles. The summed E-state index contributed by atoms with van der Waals surface area (Å²) in [4.78, 5) is 2.31. The number of rotatable bonds is 5. The van der Waals surface area contributed by atoms with Gasteiger partial charge in [0.2, 0.25) is 0 Å². The van der Waals surface area contributed by atoms with Crippen molar-refractivity contribution in [1.29, 1.82) is 0 Å². The maximum atomic E-state index is 4.50. The maximum Gasteiger partial charge on any atom is 0.131 e. The van der Waals surface area contributed by atoms with Crippen LogP contribution in [0.3, 0.4) is 0 Å². The molecule has 0 aliphatic carbocycles. The number of nitrogens with one attached hydrogen (secondary N) is 1. The van der Waals surface area contributed by atoms with E-state index in [9.17, 15) is 0 Å². The predicted molar refractivity (Wildman–Crippen MR) is 68.9 cm³/mol. The molecular formula is C12H24N4. The van der Waals surface area contributed by atoms with E-state index in [0.717, 1.165) is 18.7 Å². The molecule has 1 aromatic heterocycles. The Bertz CT molecular complexity index is 343. The van der Waals surface area contributed by atoms with E-state index < -0.39 is 0 Å². The first-order chi connectivity index (χ1) is 7.52. The van der Waals surface area contributed by atoms with E-state index in [-0.39, 0.29) is 0 Å². The molecular weight excluding hydrogens is 200 g/mol. The van der Waals surface area contributed by atoms with Crippen LogP contribution in [0.15, 0.2) is 0 Å². The Morgan fingerprint density at radius 1 is 1.50 bits per heavy atom. The first kappa shape index (κ1) is 13.0. The van der Waals surface area contributed by atoms with Crippen molar-refractivity contribution in [3.05, 3.63) is 11.3 Å². The molecule has 0 fully saturated rings. The molecule has 1 N–H and O–H groups in total. The molecule has 0 amide bonds. The van der Waals surface area contributed by atoms with Gasteiger partial charge < -0.3 is 10.2 Å². The van der Waals surface area contributed by atoms with E-state index in [2.05, 4.69) is 43.1 Å². The van der Waals surface area contributed by atoms with Gasteiger partial charge in [-0.15, -0.1) is 0 Å². The number of hydrogen-bond acceptors (Lipinski definition) is 3. The van der Waals surface area contributed by atoms with Gasteiger partial charge in [0, 0.05) is 32.2 Å². The van der Waals surface area contributed by atoms with E-state index in [1.165, 1.54) is 11.4 Å². The Labute approximate surface area is 98.6 Å². The third kappa shape index (κ3) is 2.38. The van der Waals surface area contributed by atoms with Crippen LogP contribution in [0.5, 0.6) is 0 Å². The maximum absolute atomic E-state index is 4.50. The second-order valence-electron chi connectivity index (χ2n) is 4.41. The molecule has 1 heterocycles. The molecule has 1 rings (SSSR count). The number of aryl methyl sites for hydroxylation is 2. The normalized spacial score (nSPS) is 12.9. The van der Waals surface area contributed by atoms with Crippen molar-refractivity contribution in [1.82, 2.24) is 15.1 Å². The third-order valence-electron chi connectivity index (χ3n) is 3.25. The van der Waals surface area contributed by atoms with E-state index in [0.29, 0.717) is 6.04 Å². The molecule has 0 aromatic carbocycles. The van der Waals surface area contributed by atoms with Crippen molar-refractivity contribution in [2.75, 3.05) is 19.0 Å². The lowest BCUT2D eigenvalue weighted by Gasteiger charge is -2.27. The molecule has 1 aromatic rings. The number of anilines is 1. The van der Waals surface area contributed by atoms with Gasteiger partial charge in [-0.1, -0.05) is 6.92 Å². The van der Waals surface area contributed by atoms with Gasteiger partial charge in [0.15, 0.2) is 0 Å². The molecule has 1 atom stereocenters. The molecule has 0 bridgehead atoms. The van der Waals surface area contributed by atoms with Gasteiger partial charge in [0.05, 0.1) is 5.69 Å². The number of aromatic nitrogens is 2. The van der Waals surface area contributed by atoms with Crippen molar-refractivity contribution in [2.45, 2.75) is 39.8 Å². The minimum Gasteiger partial charge on any atom is -0.357 e.